The number of nitrogens with one attached hydrogen (secondary N) is 9. The van der Waals surface area contributed by atoms with Gasteiger partial charge in [0.1, 0.15) is 5.78 Å². The van der Waals surface area contributed by atoms with Crippen molar-refractivity contribution in [2.24, 2.45) is 17.4 Å². The van der Waals surface area contributed by atoms with Crippen molar-refractivity contribution in [3.63, 3.8) is 0 Å². The van der Waals surface area contributed by atoms with Crippen molar-refractivity contribution in [2.45, 2.75) is 110 Å². The Morgan fingerprint density at radius 1 is 0.679 bits per heavy atom. The van der Waals surface area contributed by atoms with E-state index in [1.54, 1.807) is 0 Å². The minimum atomic E-state index is -0.491. The van der Waals surface area contributed by atoms with Crippen LogP contribution in [0.25, 0.3) is 10.9 Å². The molecule has 53 heavy (non-hydrogen) atoms. The van der Waals surface area contributed by atoms with E-state index in [1.807, 2.05) is 51.2 Å². The molecular weight excluding hydrogens is 678 g/mol. The Labute approximate surface area is 314 Å². The van der Waals surface area contributed by atoms with Crippen molar-refractivity contribution >= 4 is 40.8 Å². The summed E-state index contributed by atoms with van der Waals surface area (Å²) in [7, 11) is 0. The van der Waals surface area contributed by atoms with Gasteiger partial charge in [0.2, 0.25) is 0 Å². The Balaban J connectivity index is 2.07. The third-order valence-corrected chi connectivity index (χ3v) is 8.95. The number of hydrogen-bond acceptors (Lipinski definition) is 7. The van der Waals surface area contributed by atoms with Crippen molar-refractivity contribution < 1.29 is 24.0 Å². The molecule has 0 aliphatic rings. The molecule has 1 aromatic carbocycles. The van der Waals surface area contributed by atoms with Gasteiger partial charge in [0.05, 0.1) is 6.04 Å². The van der Waals surface area contributed by atoms with Gasteiger partial charge in [-0.15, -0.1) is 0 Å². The standard InChI is InChI=1S/C37H65N11O5/c1-5-40-34(50)45-28(12-8-10-18-38)22-42-36(52)47-30(20-27-21-41-33-15-7-6-14-31(27)33)24-44-35(51)46-29(13-9-11-19-39)23-43-37(53)48-32(25(2)3)17-16-26(4)49/h6-7,14-15,21,25,28-30,32,41H,5,8-13,16-20,22-24,38-39H2,1-4H3,(H2,40,45,50)(H2,42,47,52)(H2,43,48,53)(H2,44,46,51)/t28-,29-,30-,32+/m0/s1. The first-order valence-corrected chi connectivity index (χ1v) is 19.1. The molecule has 0 fully saturated rings. The van der Waals surface area contributed by atoms with E-state index < -0.39 is 18.1 Å². The summed E-state index contributed by atoms with van der Waals surface area (Å²) in [5, 5.41) is 24.2. The topological polar surface area (TPSA) is 249 Å². The zero-order valence-electron chi connectivity index (χ0n) is 32.1. The Bertz CT molecular complexity index is 1400. The van der Waals surface area contributed by atoms with E-state index >= 15 is 0 Å². The zero-order chi connectivity index (χ0) is 39.0. The third kappa shape index (κ3) is 18.7. The van der Waals surface area contributed by atoms with Crippen LogP contribution >= 0.6 is 0 Å². The molecule has 0 unspecified atom stereocenters. The van der Waals surface area contributed by atoms with E-state index in [0.717, 1.165) is 42.1 Å². The number of hydrogen-bond donors (Lipinski definition) is 11. The molecule has 8 amide bonds. The number of H-pyrrole nitrogens is 1. The van der Waals surface area contributed by atoms with Gasteiger partial charge in [-0.3, -0.25) is 0 Å². The largest absolute Gasteiger partial charge is 0.361 e. The molecule has 0 radical (unpaired) electrons. The predicted molar refractivity (Wildman–Crippen MR) is 210 cm³/mol. The Hall–Kier alpha value is -4.57. The fraction of sp³-hybridized carbons (Fsp3) is 0.649. The second kappa shape index (κ2) is 25.4. The lowest BCUT2D eigenvalue weighted by Gasteiger charge is -2.25. The van der Waals surface area contributed by atoms with Crippen LogP contribution in [0.1, 0.15) is 84.6 Å². The van der Waals surface area contributed by atoms with Crippen molar-refractivity contribution in [1.29, 1.82) is 0 Å². The molecule has 1 heterocycles. The number of aromatic amines is 1. The number of nitrogens with two attached hydrogens (primary N) is 2. The molecule has 0 bridgehead atoms. The van der Waals surface area contributed by atoms with Crippen LogP contribution in [-0.4, -0.2) is 98.3 Å². The summed E-state index contributed by atoms with van der Waals surface area (Å²) in [6.45, 7) is 9.40. The second-order valence-corrected chi connectivity index (χ2v) is 13.9. The third-order valence-electron chi connectivity index (χ3n) is 8.95. The first-order valence-electron chi connectivity index (χ1n) is 19.1. The molecule has 0 saturated carbocycles. The zero-order valence-corrected chi connectivity index (χ0v) is 32.1. The van der Waals surface area contributed by atoms with Crippen LogP contribution in [0, 0.1) is 5.92 Å². The number of aromatic nitrogens is 1. The first-order chi connectivity index (χ1) is 25.4. The highest BCUT2D eigenvalue weighted by Gasteiger charge is 2.21. The van der Waals surface area contributed by atoms with Crippen LogP contribution in [0.4, 0.5) is 19.2 Å². The number of benzene rings is 1. The molecule has 0 aliphatic heterocycles. The first kappa shape index (κ1) is 44.6. The van der Waals surface area contributed by atoms with Gasteiger partial charge >= 0.3 is 24.1 Å². The van der Waals surface area contributed by atoms with E-state index in [4.69, 9.17) is 11.5 Å². The van der Waals surface area contributed by atoms with Gasteiger partial charge in [-0.05, 0) is 83.0 Å². The van der Waals surface area contributed by atoms with Crippen LogP contribution in [0.15, 0.2) is 30.5 Å². The average molecular weight is 744 g/mol. The van der Waals surface area contributed by atoms with Crippen LogP contribution < -0.4 is 54.0 Å². The Kier molecular flexibility index (Phi) is 21.4. The van der Waals surface area contributed by atoms with Gasteiger partial charge in [-0.25, -0.2) is 19.2 Å². The Morgan fingerprint density at radius 3 is 1.72 bits per heavy atom. The lowest BCUT2D eigenvalue weighted by molar-refractivity contribution is -0.117. The molecule has 16 heteroatoms. The highest BCUT2D eigenvalue weighted by atomic mass is 16.2. The number of para-hydroxylation sites is 1. The van der Waals surface area contributed by atoms with Gasteiger partial charge in [-0.2, -0.15) is 0 Å². The van der Waals surface area contributed by atoms with Gasteiger partial charge in [0, 0.05) is 67.8 Å². The number of Topliss-reactive ketones (excluding diaryl/α,β-unsaturated/α-hetero) is 1. The van der Waals surface area contributed by atoms with Crippen molar-refractivity contribution in [3.8, 4) is 0 Å². The van der Waals surface area contributed by atoms with Crippen LogP contribution in [0.3, 0.4) is 0 Å². The number of unbranched alkanes of at least 4 members (excludes halogenated alkanes) is 2. The van der Waals surface area contributed by atoms with Crippen LogP contribution in [0.2, 0.25) is 0 Å². The number of carbonyl (C=O) groups is 5. The lowest BCUT2D eigenvalue weighted by Crippen LogP contribution is -2.54. The molecule has 2 rings (SSSR count). The summed E-state index contributed by atoms with van der Waals surface area (Å²) >= 11 is 0. The molecule has 0 aliphatic carbocycles. The number of fused-ring (bicyclic) bond motifs is 1. The van der Waals surface area contributed by atoms with Gasteiger partial charge in [0.25, 0.3) is 0 Å². The quantitative estimate of drug-likeness (QED) is 0.0678. The molecule has 298 valence electrons. The van der Waals surface area contributed by atoms with Gasteiger partial charge in [0.15, 0.2) is 0 Å². The Morgan fingerprint density at radius 2 is 1.19 bits per heavy atom. The summed E-state index contributed by atoms with van der Waals surface area (Å²) in [6.07, 6.45) is 7.63. The number of carbonyl (C=O) groups excluding carboxylic acids is 5. The maximum Gasteiger partial charge on any atom is 0.315 e. The molecule has 0 spiro atoms. The molecule has 1 aromatic heterocycles. The number of amides is 8. The van der Waals surface area contributed by atoms with Crippen LogP contribution in [0.5, 0.6) is 0 Å². The van der Waals surface area contributed by atoms with Crippen LogP contribution in [-0.2, 0) is 11.2 Å². The summed E-state index contributed by atoms with van der Waals surface area (Å²) in [5.74, 6) is 0.213. The minimum absolute atomic E-state index is 0.0702. The van der Waals surface area contributed by atoms with Crippen molar-refractivity contribution in [3.05, 3.63) is 36.0 Å². The van der Waals surface area contributed by atoms with E-state index in [-0.39, 0.29) is 61.5 Å². The normalized spacial score (nSPS) is 13.3. The van der Waals surface area contributed by atoms with Crippen molar-refractivity contribution in [2.75, 3.05) is 39.3 Å². The number of ketones is 1. The molecule has 13 N–H and O–H groups in total. The molecule has 16 nitrogen and oxygen atoms in total. The molecule has 4 atom stereocenters. The summed E-state index contributed by atoms with van der Waals surface area (Å²) in [6, 6.07) is 4.99. The molecule has 2 aromatic rings. The predicted octanol–water partition coefficient (Wildman–Crippen LogP) is 2.68. The highest BCUT2D eigenvalue weighted by Crippen LogP contribution is 2.19. The van der Waals surface area contributed by atoms with E-state index in [0.29, 0.717) is 51.7 Å². The van der Waals surface area contributed by atoms with E-state index in [2.05, 4.69) is 47.5 Å². The van der Waals surface area contributed by atoms with Gasteiger partial charge in [-0.1, -0.05) is 44.9 Å². The number of rotatable bonds is 25. The lowest BCUT2D eigenvalue weighted by atomic mass is 9.98. The van der Waals surface area contributed by atoms with E-state index in [1.165, 1.54) is 6.92 Å². The number of urea groups is 4. The summed E-state index contributed by atoms with van der Waals surface area (Å²) < 4.78 is 0. The highest BCUT2D eigenvalue weighted by molar-refractivity contribution is 5.83. The smallest absolute Gasteiger partial charge is 0.315 e. The minimum Gasteiger partial charge on any atom is -0.361 e. The van der Waals surface area contributed by atoms with Crippen molar-refractivity contribution in [1.82, 2.24) is 47.5 Å². The fourth-order valence-corrected chi connectivity index (χ4v) is 5.93. The van der Waals surface area contributed by atoms with Gasteiger partial charge < -0.3 is 63.8 Å². The monoisotopic (exact) mass is 744 g/mol. The molecule has 0 saturated heterocycles. The maximum atomic E-state index is 13.3. The second-order valence-electron chi connectivity index (χ2n) is 13.9. The maximum absolute atomic E-state index is 13.3. The summed E-state index contributed by atoms with van der Waals surface area (Å²) in [4.78, 5) is 66.2. The SMILES string of the molecule is CCNC(=O)N[C@@H](CCCCN)CNC(=O)N[C@H](CNC(=O)N[C@@H](CCCCN)CNC(=O)N[C@H](CCC(C)=O)C(C)C)Cc1c[nH]c2ccccc12. The summed E-state index contributed by atoms with van der Waals surface area (Å²) in [5.41, 5.74) is 13.3. The fourth-order valence-electron chi connectivity index (χ4n) is 5.93. The average Bonchev–Trinajstić information content (AvgIpc) is 3.52. The van der Waals surface area contributed by atoms with E-state index in [9.17, 15) is 24.0 Å². The molecular formula is C37H65N11O5.